The number of carbonyl (C=O) groups is 1. The Kier molecular flexibility index (Phi) is 4.60. The van der Waals surface area contributed by atoms with Gasteiger partial charge in [-0.05, 0) is 37.3 Å². The van der Waals surface area contributed by atoms with Crippen LogP contribution in [-0.2, 0) is 9.53 Å². The van der Waals surface area contributed by atoms with E-state index in [-0.39, 0.29) is 5.91 Å². The minimum Gasteiger partial charge on any atom is -0.477 e. The topological polar surface area (TPSA) is 59.6 Å². The molecule has 114 valence electrons. The van der Waals surface area contributed by atoms with E-state index in [1.807, 2.05) is 24.3 Å². The molecule has 0 spiro atoms. The second kappa shape index (κ2) is 6.80. The molecule has 1 saturated carbocycles. The quantitative estimate of drug-likeness (QED) is 0.752. The van der Waals surface area contributed by atoms with Gasteiger partial charge in [-0.25, -0.2) is 0 Å². The first-order valence-electron chi connectivity index (χ1n) is 7.68. The van der Waals surface area contributed by atoms with E-state index in [0.717, 1.165) is 30.4 Å². The van der Waals surface area contributed by atoms with E-state index in [9.17, 15) is 4.79 Å². The van der Waals surface area contributed by atoms with Crippen LogP contribution in [0.1, 0.15) is 19.3 Å². The molecule has 0 radical (unpaired) electrons. The van der Waals surface area contributed by atoms with Crippen molar-refractivity contribution < 1.29 is 14.3 Å². The Hall–Kier alpha value is -1.75. The average Bonchev–Trinajstić information content (AvgIpc) is 3.34. The molecule has 1 aromatic rings. The summed E-state index contributed by atoms with van der Waals surface area (Å²) in [7, 11) is 0. The molecule has 5 heteroatoms. The van der Waals surface area contributed by atoms with Crippen molar-refractivity contribution in [3.63, 3.8) is 0 Å². The number of amides is 1. The van der Waals surface area contributed by atoms with Crippen molar-refractivity contribution >= 4 is 11.6 Å². The number of rotatable bonds is 7. The monoisotopic (exact) mass is 290 g/mol. The highest BCUT2D eigenvalue weighted by atomic mass is 16.5. The molecule has 1 amide bonds. The van der Waals surface area contributed by atoms with Crippen LogP contribution in [0.3, 0.4) is 0 Å². The summed E-state index contributed by atoms with van der Waals surface area (Å²) in [6, 6.07) is 7.66. The average molecular weight is 290 g/mol. The molecule has 1 aromatic carbocycles. The summed E-state index contributed by atoms with van der Waals surface area (Å²) in [4.78, 5) is 12.0. The second-order valence-corrected chi connectivity index (χ2v) is 5.65. The zero-order valence-corrected chi connectivity index (χ0v) is 12.1. The van der Waals surface area contributed by atoms with Crippen molar-refractivity contribution in [2.24, 2.45) is 5.92 Å². The summed E-state index contributed by atoms with van der Waals surface area (Å²) >= 11 is 0. The van der Waals surface area contributed by atoms with Gasteiger partial charge in [0, 0.05) is 19.8 Å². The summed E-state index contributed by atoms with van der Waals surface area (Å²) in [5, 5.41) is 6.12. The van der Waals surface area contributed by atoms with Crippen molar-refractivity contribution in [2.45, 2.75) is 25.4 Å². The minimum absolute atomic E-state index is 0.0702. The van der Waals surface area contributed by atoms with Crippen LogP contribution in [0.25, 0.3) is 0 Å². The van der Waals surface area contributed by atoms with Crippen LogP contribution in [0.15, 0.2) is 24.3 Å². The summed E-state index contributed by atoms with van der Waals surface area (Å²) < 4.78 is 11.2. The smallest absolute Gasteiger partial charge is 0.262 e. The zero-order chi connectivity index (χ0) is 14.5. The lowest BCUT2D eigenvalue weighted by atomic mass is 10.2. The van der Waals surface area contributed by atoms with Gasteiger partial charge in [0.25, 0.3) is 5.91 Å². The lowest BCUT2D eigenvalue weighted by molar-refractivity contribution is -0.127. The molecule has 1 fully saturated rings. The molecule has 1 aliphatic heterocycles. The van der Waals surface area contributed by atoms with E-state index in [0.29, 0.717) is 19.7 Å². The molecule has 21 heavy (non-hydrogen) atoms. The third-order valence-electron chi connectivity index (χ3n) is 3.74. The molecule has 3 rings (SSSR count). The maximum absolute atomic E-state index is 12.0. The molecular formula is C16H22N2O3. The molecule has 1 unspecified atom stereocenters. The third kappa shape index (κ3) is 4.11. The number of anilines is 1. The molecule has 0 aromatic heterocycles. The Morgan fingerprint density at radius 2 is 2.24 bits per heavy atom. The second-order valence-electron chi connectivity index (χ2n) is 5.65. The van der Waals surface area contributed by atoms with Crippen LogP contribution < -0.4 is 15.4 Å². The van der Waals surface area contributed by atoms with Gasteiger partial charge in [0.05, 0.1) is 12.2 Å². The summed E-state index contributed by atoms with van der Waals surface area (Å²) in [6.45, 7) is 2.72. The fraction of sp³-hybridized carbons (Fsp3) is 0.562. The number of fused-ring (bicyclic) bond motifs is 1. The molecule has 5 nitrogen and oxygen atoms in total. The van der Waals surface area contributed by atoms with Crippen LogP contribution in [0.2, 0.25) is 0 Å². The molecule has 1 aliphatic carbocycles. The third-order valence-corrected chi connectivity index (χ3v) is 3.74. The van der Waals surface area contributed by atoms with Gasteiger partial charge in [0.15, 0.2) is 6.10 Å². The van der Waals surface area contributed by atoms with E-state index in [1.54, 1.807) is 0 Å². The first-order chi connectivity index (χ1) is 10.3. The standard InChI is InChI=1S/C16H22N2O3/c19-16(17-8-3-9-20-11-12-6-7-12)15-10-18-13-4-1-2-5-14(13)21-15/h1-2,4-5,12,15,18H,3,6-11H2,(H,17,19). The van der Waals surface area contributed by atoms with Crippen molar-refractivity contribution in [1.82, 2.24) is 5.32 Å². The van der Waals surface area contributed by atoms with Gasteiger partial charge in [-0.15, -0.1) is 0 Å². The van der Waals surface area contributed by atoms with Gasteiger partial charge in [-0.3, -0.25) is 4.79 Å². The first kappa shape index (κ1) is 14.2. The lowest BCUT2D eigenvalue weighted by Crippen LogP contribution is -2.45. The zero-order valence-electron chi connectivity index (χ0n) is 12.1. The van der Waals surface area contributed by atoms with Crippen molar-refractivity contribution in [3.05, 3.63) is 24.3 Å². The van der Waals surface area contributed by atoms with Gasteiger partial charge < -0.3 is 20.1 Å². The van der Waals surface area contributed by atoms with E-state index in [4.69, 9.17) is 9.47 Å². The molecular weight excluding hydrogens is 268 g/mol. The van der Waals surface area contributed by atoms with Crippen molar-refractivity contribution in [2.75, 3.05) is 31.6 Å². The predicted molar refractivity (Wildman–Crippen MR) is 80.5 cm³/mol. The van der Waals surface area contributed by atoms with E-state index in [2.05, 4.69) is 10.6 Å². The van der Waals surface area contributed by atoms with Crippen LogP contribution in [0, 0.1) is 5.92 Å². The molecule has 2 N–H and O–H groups in total. The number of hydrogen-bond donors (Lipinski definition) is 2. The number of ether oxygens (including phenoxy) is 2. The maximum Gasteiger partial charge on any atom is 0.262 e. The number of nitrogens with one attached hydrogen (secondary N) is 2. The molecule has 1 atom stereocenters. The molecule has 2 aliphatic rings. The first-order valence-corrected chi connectivity index (χ1v) is 7.68. The van der Waals surface area contributed by atoms with Gasteiger partial charge in [0.2, 0.25) is 0 Å². The number of carbonyl (C=O) groups excluding carboxylic acids is 1. The number of benzene rings is 1. The Labute approximate surface area is 125 Å². The highest BCUT2D eigenvalue weighted by Gasteiger charge is 2.25. The maximum atomic E-state index is 12.0. The van der Waals surface area contributed by atoms with Crippen molar-refractivity contribution in [3.8, 4) is 5.75 Å². The Morgan fingerprint density at radius 1 is 1.38 bits per heavy atom. The van der Waals surface area contributed by atoms with Crippen molar-refractivity contribution in [1.29, 1.82) is 0 Å². The van der Waals surface area contributed by atoms with E-state index >= 15 is 0 Å². The molecule has 0 bridgehead atoms. The molecule has 1 heterocycles. The SMILES string of the molecule is O=C(NCCCOCC1CC1)C1CNc2ccccc2O1. The van der Waals surface area contributed by atoms with E-state index in [1.165, 1.54) is 12.8 Å². The Bertz CT molecular complexity index is 488. The van der Waals surface area contributed by atoms with Crippen LogP contribution in [-0.4, -0.2) is 38.3 Å². The van der Waals surface area contributed by atoms with Gasteiger partial charge in [0.1, 0.15) is 5.75 Å². The highest BCUT2D eigenvalue weighted by molar-refractivity contribution is 5.83. The Morgan fingerprint density at radius 3 is 3.10 bits per heavy atom. The normalized spacial score (nSPS) is 20.1. The lowest BCUT2D eigenvalue weighted by Gasteiger charge is -2.26. The summed E-state index contributed by atoms with van der Waals surface area (Å²) in [5.74, 6) is 1.46. The highest BCUT2D eigenvalue weighted by Crippen LogP contribution is 2.29. The fourth-order valence-electron chi connectivity index (χ4n) is 2.29. The molecule has 0 saturated heterocycles. The minimum atomic E-state index is -0.465. The van der Waals surface area contributed by atoms with Crippen LogP contribution >= 0.6 is 0 Å². The van der Waals surface area contributed by atoms with Crippen LogP contribution in [0.4, 0.5) is 5.69 Å². The summed E-state index contributed by atoms with van der Waals surface area (Å²) in [5.41, 5.74) is 0.940. The largest absolute Gasteiger partial charge is 0.477 e. The van der Waals surface area contributed by atoms with Gasteiger partial charge >= 0.3 is 0 Å². The number of hydrogen-bond acceptors (Lipinski definition) is 4. The van der Waals surface area contributed by atoms with E-state index < -0.39 is 6.10 Å². The Balaban J connectivity index is 1.34. The predicted octanol–water partition coefficient (Wildman–Crippen LogP) is 1.79. The summed E-state index contributed by atoms with van der Waals surface area (Å²) in [6.07, 6.45) is 3.00. The van der Waals surface area contributed by atoms with Crippen LogP contribution in [0.5, 0.6) is 5.75 Å². The fourth-order valence-corrected chi connectivity index (χ4v) is 2.29. The van der Waals surface area contributed by atoms with Gasteiger partial charge in [-0.2, -0.15) is 0 Å². The van der Waals surface area contributed by atoms with Gasteiger partial charge in [-0.1, -0.05) is 12.1 Å². The number of para-hydroxylation sites is 2.